The van der Waals surface area contributed by atoms with E-state index in [1.807, 2.05) is 24.3 Å². The second-order valence-corrected chi connectivity index (χ2v) is 4.29. The molecule has 6 heteroatoms. The maximum atomic E-state index is 10.7. The zero-order valence-corrected chi connectivity index (χ0v) is 11.0. The van der Waals surface area contributed by atoms with Crippen LogP contribution >= 0.6 is 0 Å². The van der Waals surface area contributed by atoms with Crippen molar-refractivity contribution in [2.45, 2.75) is 6.61 Å². The first-order valence-electron chi connectivity index (χ1n) is 5.99. The summed E-state index contributed by atoms with van der Waals surface area (Å²) in [4.78, 5) is 10.2. The van der Waals surface area contributed by atoms with Crippen LogP contribution in [-0.2, 0) is 11.3 Å². The third-order valence-electron chi connectivity index (χ3n) is 2.75. The standard InChI is InChI=1S/C14H15N3O3/c1-20-9-10-3-2-4-11(7-10)16-12-5-6-14(17(18)19)13(15)8-12/h2-8,16H,9,15H2,1H3. The average molecular weight is 273 g/mol. The number of hydrogen-bond donors (Lipinski definition) is 2. The second kappa shape index (κ2) is 6.03. The van der Waals surface area contributed by atoms with Crippen molar-refractivity contribution < 1.29 is 9.66 Å². The molecule has 6 nitrogen and oxygen atoms in total. The minimum atomic E-state index is -0.502. The van der Waals surface area contributed by atoms with Crippen LogP contribution in [0.1, 0.15) is 5.56 Å². The molecule has 2 aromatic rings. The van der Waals surface area contributed by atoms with E-state index in [1.165, 1.54) is 6.07 Å². The minimum absolute atomic E-state index is 0.0938. The van der Waals surface area contributed by atoms with Gasteiger partial charge in [0.15, 0.2) is 0 Å². The van der Waals surface area contributed by atoms with Crippen LogP contribution < -0.4 is 11.1 Å². The van der Waals surface area contributed by atoms with Gasteiger partial charge in [0.25, 0.3) is 5.69 Å². The molecule has 0 unspecified atom stereocenters. The van der Waals surface area contributed by atoms with Crippen LogP contribution in [0.2, 0.25) is 0 Å². The average Bonchev–Trinajstić information content (AvgIpc) is 2.39. The molecule has 0 atom stereocenters. The Morgan fingerprint density at radius 2 is 2.00 bits per heavy atom. The number of anilines is 3. The zero-order valence-electron chi connectivity index (χ0n) is 11.0. The van der Waals surface area contributed by atoms with Crippen LogP contribution in [0.3, 0.4) is 0 Å². The molecule has 2 aromatic carbocycles. The molecular weight excluding hydrogens is 258 g/mol. The molecule has 0 amide bonds. The van der Waals surface area contributed by atoms with Gasteiger partial charge >= 0.3 is 0 Å². The molecule has 0 spiro atoms. The number of nitrogens with zero attached hydrogens (tertiary/aromatic N) is 1. The molecule has 0 aliphatic rings. The summed E-state index contributed by atoms with van der Waals surface area (Å²) < 4.78 is 5.07. The Morgan fingerprint density at radius 3 is 2.65 bits per heavy atom. The van der Waals surface area contributed by atoms with Crippen molar-refractivity contribution in [3.63, 3.8) is 0 Å². The lowest BCUT2D eigenvalue weighted by Crippen LogP contribution is -1.98. The normalized spacial score (nSPS) is 10.2. The van der Waals surface area contributed by atoms with Crippen LogP contribution in [-0.4, -0.2) is 12.0 Å². The van der Waals surface area contributed by atoms with Gasteiger partial charge < -0.3 is 15.8 Å². The highest BCUT2D eigenvalue weighted by atomic mass is 16.6. The number of rotatable bonds is 5. The molecule has 0 saturated carbocycles. The third-order valence-corrected chi connectivity index (χ3v) is 2.75. The van der Waals surface area contributed by atoms with E-state index < -0.39 is 4.92 Å². The molecule has 0 aliphatic heterocycles. The fraction of sp³-hybridized carbons (Fsp3) is 0.143. The van der Waals surface area contributed by atoms with Gasteiger partial charge in [0.05, 0.1) is 11.5 Å². The molecule has 0 bridgehead atoms. The largest absolute Gasteiger partial charge is 0.393 e. The van der Waals surface area contributed by atoms with E-state index in [2.05, 4.69) is 5.32 Å². The van der Waals surface area contributed by atoms with Crippen LogP contribution in [0.25, 0.3) is 0 Å². The lowest BCUT2D eigenvalue weighted by atomic mass is 10.2. The van der Waals surface area contributed by atoms with Crippen molar-refractivity contribution >= 4 is 22.7 Å². The van der Waals surface area contributed by atoms with E-state index in [4.69, 9.17) is 10.5 Å². The molecule has 0 heterocycles. The van der Waals surface area contributed by atoms with Gasteiger partial charge in [0.1, 0.15) is 5.69 Å². The van der Waals surface area contributed by atoms with Gasteiger partial charge in [-0.3, -0.25) is 10.1 Å². The van der Waals surface area contributed by atoms with E-state index in [1.54, 1.807) is 19.2 Å². The van der Waals surface area contributed by atoms with Crippen molar-refractivity contribution in [3.8, 4) is 0 Å². The summed E-state index contributed by atoms with van der Waals surface area (Å²) in [5.74, 6) is 0. The Morgan fingerprint density at radius 1 is 1.25 bits per heavy atom. The predicted octanol–water partition coefficient (Wildman–Crippen LogP) is 3.07. The highest BCUT2D eigenvalue weighted by Crippen LogP contribution is 2.26. The summed E-state index contributed by atoms with van der Waals surface area (Å²) in [6, 6.07) is 12.3. The van der Waals surface area contributed by atoms with Crippen molar-refractivity contribution in [1.82, 2.24) is 0 Å². The van der Waals surface area contributed by atoms with Crippen molar-refractivity contribution in [2.75, 3.05) is 18.2 Å². The van der Waals surface area contributed by atoms with Gasteiger partial charge in [-0.1, -0.05) is 12.1 Å². The van der Waals surface area contributed by atoms with E-state index in [-0.39, 0.29) is 11.4 Å². The number of nitro benzene ring substituents is 1. The Labute approximate surface area is 116 Å². The topological polar surface area (TPSA) is 90.4 Å². The first-order chi connectivity index (χ1) is 9.60. The second-order valence-electron chi connectivity index (χ2n) is 4.29. The van der Waals surface area contributed by atoms with Gasteiger partial charge in [-0.15, -0.1) is 0 Å². The van der Waals surface area contributed by atoms with Crippen molar-refractivity contribution in [1.29, 1.82) is 0 Å². The first-order valence-corrected chi connectivity index (χ1v) is 5.99. The Kier molecular flexibility index (Phi) is 4.17. The highest BCUT2D eigenvalue weighted by molar-refractivity contribution is 5.70. The minimum Gasteiger partial charge on any atom is -0.393 e. The van der Waals surface area contributed by atoms with Gasteiger partial charge in [0.2, 0.25) is 0 Å². The predicted molar refractivity (Wildman–Crippen MR) is 77.9 cm³/mol. The first kappa shape index (κ1) is 13.8. The molecule has 0 radical (unpaired) electrons. The Bertz CT molecular complexity index is 629. The van der Waals surface area contributed by atoms with Gasteiger partial charge in [0, 0.05) is 24.6 Å². The fourth-order valence-electron chi connectivity index (χ4n) is 1.87. The summed E-state index contributed by atoms with van der Waals surface area (Å²) in [5, 5.41) is 13.9. The number of nitro groups is 1. The van der Waals surface area contributed by atoms with E-state index >= 15 is 0 Å². The summed E-state index contributed by atoms with van der Waals surface area (Å²) >= 11 is 0. The van der Waals surface area contributed by atoms with Crippen molar-refractivity contribution in [3.05, 3.63) is 58.1 Å². The number of methoxy groups -OCH3 is 1. The highest BCUT2D eigenvalue weighted by Gasteiger charge is 2.11. The third kappa shape index (κ3) is 3.24. The van der Waals surface area contributed by atoms with Gasteiger partial charge in [-0.2, -0.15) is 0 Å². The van der Waals surface area contributed by atoms with Crippen LogP contribution in [0.4, 0.5) is 22.7 Å². The van der Waals surface area contributed by atoms with Crippen LogP contribution in [0.5, 0.6) is 0 Å². The summed E-state index contributed by atoms with van der Waals surface area (Å²) in [6.07, 6.45) is 0. The zero-order chi connectivity index (χ0) is 14.5. The smallest absolute Gasteiger partial charge is 0.292 e. The van der Waals surface area contributed by atoms with Crippen LogP contribution in [0.15, 0.2) is 42.5 Å². The fourth-order valence-corrected chi connectivity index (χ4v) is 1.87. The molecule has 0 fully saturated rings. The molecule has 0 aromatic heterocycles. The molecule has 104 valence electrons. The molecular formula is C14H15N3O3. The van der Waals surface area contributed by atoms with E-state index in [0.717, 1.165) is 11.3 Å². The number of ether oxygens (including phenoxy) is 1. The van der Waals surface area contributed by atoms with E-state index in [0.29, 0.717) is 12.3 Å². The quantitative estimate of drug-likeness (QED) is 0.496. The number of nitrogens with one attached hydrogen (secondary N) is 1. The number of benzene rings is 2. The molecule has 2 rings (SSSR count). The maximum absolute atomic E-state index is 10.7. The van der Waals surface area contributed by atoms with E-state index in [9.17, 15) is 10.1 Å². The summed E-state index contributed by atoms with van der Waals surface area (Å²) in [5.41, 5.74) is 8.29. The number of nitrogens with two attached hydrogens (primary N) is 1. The summed E-state index contributed by atoms with van der Waals surface area (Å²) in [7, 11) is 1.64. The Balaban J connectivity index is 2.19. The van der Waals surface area contributed by atoms with Crippen LogP contribution in [0, 0.1) is 10.1 Å². The monoisotopic (exact) mass is 273 g/mol. The molecule has 20 heavy (non-hydrogen) atoms. The number of hydrogen-bond acceptors (Lipinski definition) is 5. The lowest BCUT2D eigenvalue weighted by molar-refractivity contribution is -0.383. The molecule has 3 N–H and O–H groups in total. The van der Waals surface area contributed by atoms with Crippen molar-refractivity contribution in [2.24, 2.45) is 0 Å². The molecule has 0 saturated heterocycles. The van der Waals surface area contributed by atoms with Gasteiger partial charge in [-0.25, -0.2) is 0 Å². The SMILES string of the molecule is COCc1cccc(Nc2ccc([N+](=O)[O-])c(N)c2)c1. The molecule has 0 aliphatic carbocycles. The Hall–Kier alpha value is -2.60. The maximum Gasteiger partial charge on any atom is 0.292 e. The number of nitrogen functional groups attached to an aromatic ring is 1. The van der Waals surface area contributed by atoms with Gasteiger partial charge in [-0.05, 0) is 29.8 Å². The summed E-state index contributed by atoms with van der Waals surface area (Å²) in [6.45, 7) is 0.526. The lowest BCUT2D eigenvalue weighted by Gasteiger charge is -2.09.